The van der Waals surface area contributed by atoms with Crippen molar-refractivity contribution in [3.63, 3.8) is 0 Å². The summed E-state index contributed by atoms with van der Waals surface area (Å²) in [7, 11) is 1.97. The summed E-state index contributed by atoms with van der Waals surface area (Å²) < 4.78 is 7.31. The zero-order valence-electron chi connectivity index (χ0n) is 10.00. The van der Waals surface area contributed by atoms with Crippen LogP contribution in [0.15, 0.2) is 53.4 Å². The standard InChI is InChI=1S/C14H13N3O/c1-17-9-11(10-2-4-12(15)5-3-10)8-13(17)14-16-6-7-18-14/h2-9H,15H2,1H3. The van der Waals surface area contributed by atoms with Crippen LogP contribution in [0.25, 0.3) is 22.7 Å². The predicted octanol–water partition coefficient (Wildman–Crippen LogP) is 2.93. The number of aromatic nitrogens is 2. The molecule has 1 aromatic carbocycles. The zero-order valence-corrected chi connectivity index (χ0v) is 10.00. The molecule has 0 unspecified atom stereocenters. The molecule has 3 rings (SSSR count). The van der Waals surface area contributed by atoms with E-state index in [4.69, 9.17) is 10.2 Å². The second-order valence-corrected chi connectivity index (χ2v) is 4.18. The van der Waals surface area contributed by atoms with E-state index in [1.807, 2.05) is 42.1 Å². The van der Waals surface area contributed by atoms with E-state index >= 15 is 0 Å². The minimum absolute atomic E-state index is 0.624. The number of anilines is 1. The van der Waals surface area contributed by atoms with Crippen molar-refractivity contribution in [1.29, 1.82) is 0 Å². The zero-order chi connectivity index (χ0) is 12.5. The number of oxazole rings is 1. The number of hydrogen-bond donors (Lipinski definition) is 1. The number of aryl methyl sites for hydroxylation is 1. The molecule has 0 saturated heterocycles. The molecule has 0 aliphatic heterocycles. The molecule has 0 aliphatic carbocycles. The number of nitrogens with zero attached hydrogens (tertiary/aromatic N) is 2. The molecular formula is C14H13N3O. The van der Waals surface area contributed by atoms with Crippen LogP contribution in [0.4, 0.5) is 5.69 Å². The van der Waals surface area contributed by atoms with Crippen molar-refractivity contribution in [2.75, 3.05) is 5.73 Å². The third-order valence-corrected chi connectivity index (χ3v) is 2.90. The van der Waals surface area contributed by atoms with Crippen molar-refractivity contribution in [3.8, 4) is 22.7 Å². The van der Waals surface area contributed by atoms with E-state index in [1.165, 1.54) is 0 Å². The lowest BCUT2D eigenvalue weighted by molar-refractivity contribution is 0.568. The van der Waals surface area contributed by atoms with Crippen LogP contribution in [0, 0.1) is 0 Å². The number of nitrogen functional groups attached to an aromatic ring is 1. The van der Waals surface area contributed by atoms with Gasteiger partial charge in [0.15, 0.2) is 0 Å². The van der Waals surface area contributed by atoms with Crippen LogP contribution >= 0.6 is 0 Å². The summed E-state index contributed by atoms with van der Waals surface area (Å²) in [5.41, 5.74) is 9.64. The van der Waals surface area contributed by atoms with E-state index in [0.717, 1.165) is 22.5 Å². The Kier molecular flexibility index (Phi) is 2.41. The number of rotatable bonds is 2. The molecule has 18 heavy (non-hydrogen) atoms. The fourth-order valence-electron chi connectivity index (χ4n) is 1.96. The van der Waals surface area contributed by atoms with Crippen LogP contribution in [0.2, 0.25) is 0 Å². The summed E-state index contributed by atoms with van der Waals surface area (Å²) in [6.45, 7) is 0. The minimum atomic E-state index is 0.624. The molecule has 2 aromatic heterocycles. The normalized spacial score (nSPS) is 10.7. The van der Waals surface area contributed by atoms with Crippen LogP contribution in [0.3, 0.4) is 0 Å². The molecule has 4 heteroatoms. The summed E-state index contributed by atoms with van der Waals surface area (Å²) in [5.74, 6) is 0.624. The summed E-state index contributed by atoms with van der Waals surface area (Å²) in [4.78, 5) is 4.16. The van der Waals surface area contributed by atoms with Gasteiger partial charge in [0.05, 0.1) is 6.20 Å². The lowest BCUT2D eigenvalue weighted by Gasteiger charge is -1.97. The smallest absolute Gasteiger partial charge is 0.242 e. The van der Waals surface area contributed by atoms with E-state index < -0.39 is 0 Å². The lowest BCUT2D eigenvalue weighted by Crippen LogP contribution is -1.88. The third kappa shape index (κ3) is 1.78. The maximum Gasteiger partial charge on any atom is 0.242 e. The number of nitrogens with two attached hydrogens (primary N) is 1. The van der Waals surface area contributed by atoms with Gasteiger partial charge in [-0.2, -0.15) is 0 Å². The molecule has 2 heterocycles. The molecule has 0 fully saturated rings. The highest BCUT2D eigenvalue weighted by atomic mass is 16.3. The molecule has 0 amide bonds. The Balaban J connectivity index is 2.05. The Morgan fingerprint density at radius 3 is 2.61 bits per heavy atom. The monoisotopic (exact) mass is 239 g/mol. The van der Waals surface area contributed by atoms with Crippen molar-refractivity contribution in [2.24, 2.45) is 7.05 Å². The predicted molar refractivity (Wildman–Crippen MR) is 70.8 cm³/mol. The molecule has 2 N–H and O–H groups in total. The van der Waals surface area contributed by atoms with Gasteiger partial charge < -0.3 is 14.7 Å². The first-order valence-electron chi connectivity index (χ1n) is 5.66. The highest BCUT2D eigenvalue weighted by Gasteiger charge is 2.10. The van der Waals surface area contributed by atoms with Crippen LogP contribution in [0.5, 0.6) is 0 Å². The van der Waals surface area contributed by atoms with Crippen LogP contribution in [-0.2, 0) is 7.05 Å². The second kappa shape index (κ2) is 4.07. The van der Waals surface area contributed by atoms with Gasteiger partial charge in [0.2, 0.25) is 5.89 Å². The minimum Gasteiger partial charge on any atom is -0.443 e. The Labute approximate surface area is 105 Å². The van der Waals surface area contributed by atoms with Gasteiger partial charge in [0.25, 0.3) is 0 Å². The average Bonchev–Trinajstić information content (AvgIpc) is 2.99. The SMILES string of the molecule is Cn1cc(-c2ccc(N)cc2)cc1-c1ncco1. The molecule has 3 aromatic rings. The fraction of sp³-hybridized carbons (Fsp3) is 0.0714. The van der Waals surface area contributed by atoms with Gasteiger partial charge in [-0.3, -0.25) is 0 Å². The molecule has 0 spiro atoms. The molecule has 0 bridgehead atoms. The first-order valence-corrected chi connectivity index (χ1v) is 5.66. The van der Waals surface area contributed by atoms with Crippen LogP contribution in [0.1, 0.15) is 0 Å². The maximum atomic E-state index is 5.69. The largest absolute Gasteiger partial charge is 0.443 e. The van der Waals surface area contributed by atoms with Gasteiger partial charge >= 0.3 is 0 Å². The van der Waals surface area contributed by atoms with Crippen molar-refractivity contribution < 1.29 is 4.42 Å². The van der Waals surface area contributed by atoms with Crippen molar-refractivity contribution in [1.82, 2.24) is 9.55 Å². The summed E-state index contributed by atoms with van der Waals surface area (Å²) in [6, 6.07) is 9.85. The van der Waals surface area contributed by atoms with E-state index in [1.54, 1.807) is 12.5 Å². The average molecular weight is 239 g/mol. The molecule has 0 atom stereocenters. The quantitative estimate of drug-likeness (QED) is 0.699. The highest BCUT2D eigenvalue weighted by Crippen LogP contribution is 2.27. The Morgan fingerprint density at radius 1 is 1.17 bits per heavy atom. The molecule has 90 valence electrons. The molecule has 0 saturated carbocycles. The second-order valence-electron chi connectivity index (χ2n) is 4.18. The van der Waals surface area contributed by atoms with Gasteiger partial charge in [-0.1, -0.05) is 12.1 Å². The topological polar surface area (TPSA) is 57.0 Å². The lowest BCUT2D eigenvalue weighted by atomic mass is 10.1. The van der Waals surface area contributed by atoms with E-state index in [2.05, 4.69) is 11.1 Å². The van der Waals surface area contributed by atoms with Gasteiger partial charge in [-0.05, 0) is 23.8 Å². The Bertz CT molecular complexity index is 651. The Morgan fingerprint density at radius 2 is 1.94 bits per heavy atom. The van der Waals surface area contributed by atoms with Crippen molar-refractivity contribution in [3.05, 3.63) is 49.0 Å². The van der Waals surface area contributed by atoms with Crippen LogP contribution < -0.4 is 5.73 Å². The first-order chi connectivity index (χ1) is 8.74. The van der Waals surface area contributed by atoms with Gasteiger partial charge in [0.1, 0.15) is 12.0 Å². The van der Waals surface area contributed by atoms with Gasteiger partial charge in [-0.15, -0.1) is 0 Å². The van der Waals surface area contributed by atoms with Crippen molar-refractivity contribution in [2.45, 2.75) is 0 Å². The molecular weight excluding hydrogens is 226 g/mol. The highest BCUT2D eigenvalue weighted by molar-refractivity contribution is 5.70. The van der Waals surface area contributed by atoms with E-state index in [9.17, 15) is 0 Å². The molecule has 0 radical (unpaired) electrons. The summed E-state index contributed by atoms with van der Waals surface area (Å²) >= 11 is 0. The number of benzene rings is 1. The van der Waals surface area contributed by atoms with E-state index in [0.29, 0.717) is 5.89 Å². The summed E-state index contributed by atoms with van der Waals surface area (Å²) in [6.07, 6.45) is 5.27. The van der Waals surface area contributed by atoms with Crippen LogP contribution in [-0.4, -0.2) is 9.55 Å². The molecule has 0 aliphatic rings. The Hall–Kier alpha value is -2.49. The maximum absolute atomic E-state index is 5.69. The van der Waals surface area contributed by atoms with E-state index in [-0.39, 0.29) is 0 Å². The fourth-order valence-corrected chi connectivity index (χ4v) is 1.96. The van der Waals surface area contributed by atoms with Gasteiger partial charge in [0, 0.05) is 24.5 Å². The number of hydrogen-bond acceptors (Lipinski definition) is 3. The van der Waals surface area contributed by atoms with Gasteiger partial charge in [-0.25, -0.2) is 4.98 Å². The third-order valence-electron chi connectivity index (χ3n) is 2.90. The van der Waals surface area contributed by atoms with Crippen molar-refractivity contribution >= 4 is 5.69 Å². The first kappa shape index (κ1) is 10.7. The molecule has 4 nitrogen and oxygen atoms in total. The summed E-state index contributed by atoms with van der Waals surface area (Å²) in [5, 5.41) is 0.